The Kier molecular flexibility index (Phi) is 3.94. The summed E-state index contributed by atoms with van der Waals surface area (Å²) in [7, 11) is 1.92. The molecule has 0 amide bonds. The summed E-state index contributed by atoms with van der Waals surface area (Å²) in [6.45, 7) is 0.940. The van der Waals surface area contributed by atoms with Gasteiger partial charge in [-0.3, -0.25) is 4.90 Å². The van der Waals surface area contributed by atoms with E-state index in [1.54, 1.807) is 6.08 Å². The lowest BCUT2D eigenvalue weighted by atomic mass is 9.90. The lowest BCUT2D eigenvalue weighted by Crippen LogP contribution is -2.51. The minimum absolute atomic E-state index is 0.0382. The van der Waals surface area contributed by atoms with E-state index in [1.807, 2.05) is 7.05 Å². The number of fused-ring (bicyclic) bond motifs is 2. The van der Waals surface area contributed by atoms with Gasteiger partial charge in [0.2, 0.25) is 5.82 Å². The summed E-state index contributed by atoms with van der Waals surface area (Å²) in [5.74, 6) is -9.42. The molecule has 0 N–H and O–H groups in total. The highest BCUT2D eigenvalue weighted by Crippen LogP contribution is 2.30. The molecular formula is C15H14F5NO. The van der Waals surface area contributed by atoms with Crippen LogP contribution in [0.5, 0.6) is 0 Å². The van der Waals surface area contributed by atoms with E-state index in [-0.39, 0.29) is 18.5 Å². The first kappa shape index (κ1) is 15.4. The normalized spacial score (nSPS) is 25.3. The Morgan fingerprint density at radius 1 is 1.00 bits per heavy atom. The molecule has 3 rings (SSSR count). The third kappa shape index (κ3) is 2.42. The van der Waals surface area contributed by atoms with Gasteiger partial charge in [-0.1, -0.05) is 11.6 Å². The van der Waals surface area contributed by atoms with Crippen molar-refractivity contribution in [3.63, 3.8) is 0 Å². The first-order valence-corrected chi connectivity index (χ1v) is 6.89. The van der Waals surface area contributed by atoms with Crippen molar-refractivity contribution in [2.24, 2.45) is 0 Å². The van der Waals surface area contributed by atoms with Gasteiger partial charge in [-0.25, -0.2) is 22.0 Å². The predicted molar refractivity (Wildman–Crippen MR) is 68.8 cm³/mol. The molecule has 0 aliphatic carbocycles. The summed E-state index contributed by atoms with van der Waals surface area (Å²) in [4.78, 5) is 2.09. The first-order valence-electron chi connectivity index (χ1n) is 6.89. The minimum atomic E-state index is -2.12. The number of rotatable bonds is 2. The predicted octanol–water partition coefficient (Wildman–Crippen LogP) is 2.95. The molecule has 0 aromatic heterocycles. The van der Waals surface area contributed by atoms with Gasteiger partial charge in [0, 0.05) is 11.6 Å². The zero-order valence-electron chi connectivity index (χ0n) is 11.8. The molecule has 2 aliphatic heterocycles. The molecule has 2 atom stereocenters. The highest BCUT2D eigenvalue weighted by atomic mass is 19.2. The van der Waals surface area contributed by atoms with Crippen LogP contribution in [0.1, 0.15) is 12.0 Å². The maximum atomic E-state index is 13.7. The average Bonchev–Trinajstić information content (AvgIpc) is 2.48. The molecule has 1 fully saturated rings. The summed E-state index contributed by atoms with van der Waals surface area (Å²) in [6, 6.07) is 0.0174. The zero-order valence-corrected chi connectivity index (χ0v) is 11.8. The fourth-order valence-corrected chi connectivity index (χ4v) is 3.01. The third-order valence-corrected chi connectivity index (χ3v) is 4.33. The van der Waals surface area contributed by atoms with Gasteiger partial charge in [-0.2, -0.15) is 0 Å². The Morgan fingerprint density at radius 3 is 2.18 bits per heavy atom. The van der Waals surface area contributed by atoms with Gasteiger partial charge >= 0.3 is 0 Å². The lowest BCUT2D eigenvalue weighted by Gasteiger charge is -2.42. The number of morpholine rings is 1. The summed E-state index contributed by atoms with van der Waals surface area (Å²) in [6.07, 6.45) is 1.98. The van der Waals surface area contributed by atoms with Crippen LogP contribution in [0.4, 0.5) is 22.0 Å². The lowest BCUT2D eigenvalue weighted by molar-refractivity contribution is -0.0260. The SMILES string of the molecule is CN1C2C=C(Cc3c(F)c(F)c(F)c(F)c3F)CC1COC2. The van der Waals surface area contributed by atoms with Crippen LogP contribution in [0.15, 0.2) is 11.6 Å². The van der Waals surface area contributed by atoms with Crippen LogP contribution in [0.2, 0.25) is 0 Å². The molecule has 22 heavy (non-hydrogen) atoms. The fraction of sp³-hybridized carbons (Fsp3) is 0.467. The van der Waals surface area contributed by atoms with Crippen molar-refractivity contribution in [3.05, 3.63) is 46.3 Å². The Hall–Kier alpha value is -1.47. The summed E-state index contributed by atoms with van der Waals surface area (Å²) in [5, 5.41) is 0. The van der Waals surface area contributed by atoms with Crippen molar-refractivity contribution in [1.29, 1.82) is 0 Å². The highest BCUT2D eigenvalue weighted by molar-refractivity contribution is 5.30. The second-order valence-corrected chi connectivity index (χ2v) is 5.68. The van der Waals surface area contributed by atoms with Gasteiger partial charge in [0.1, 0.15) is 0 Å². The third-order valence-electron chi connectivity index (χ3n) is 4.33. The van der Waals surface area contributed by atoms with Crippen LogP contribution in [-0.4, -0.2) is 37.2 Å². The monoisotopic (exact) mass is 319 g/mol. The summed E-state index contributed by atoms with van der Waals surface area (Å²) >= 11 is 0. The van der Waals surface area contributed by atoms with Crippen molar-refractivity contribution >= 4 is 0 Å². The molecule has 2 nitrogen and oxygen atoms in total. The van der Waals surface area contributed by atoms with Crippen molar-refractivity contribution in [3.8, 4) is 0 Å². The van der Waals surface area contributed by atoms with E-state index >= 15 is 0 Å². The summed E-state index contributed by atoms with van der Waals surface area (Å²) in [5.41, 5.74) is -0.106. The van der Waals surface area contributed by atoms with Crippen LogP contribution in [0.25, 0.3) is 0 Å². The van der Waals surface area contributed by atoms with Crippen LogP contribution in [0.3, 0.4) is 0 Å². The largest absolute Gasteiger partial charge is 0.378 e. The molecular weight excluding hydrogens is 305 g/mol. The molecule has 1 saturated heterocycles. The van der Waals surface area contributed by atoms with Crippen molar-refractivity contribution in [1.82, 2.24) is 4.90 Å². The first-order chi connectivity index (χ1) is 10.4. The number of likely N-dealkylation sites (N-methyl/N-ethyl adjacent to an activating group) is 1. The van der Waals surface area contributed by atoms with Crippen LogP contribution >= 0.6 is 0 Å². The number of halogens is 5. The molecule has 0 spiro atoms. The number of hydrogen-bond donors (Lipinski definition) is 0. The van der Waals surface area contributed by atoms with E-state index in [0.717, 1.165) is 0 Å². The van der Waals surface area contributed by atoms with Gasteiger partial charge in [0.05, 0.1) is 19.3 Å². The van der Waals surface area contributed by atoms with Gasteiger partial charge in [-0.15, -0.1) is 0 Å². The molecule has 1 aromatic rings. The molecule has 2 bridgehead atoms. The average molecular weight is 319 g/mol. The molecule has 0 saturated carbocycles. The van der Waals surface area contributed by atoms with E-state index in [0.29, 0.717) is 25.2 Å². The molecule has 2 heterocycles. The van der Waals surface area contributed by atoms with E-state index in [4.69, 9.17) is 4.74 Å². The Balaban J connectivity index is 1.94. The van der Waals surface area contributed by atoms with Crippen LogP contribution < -0.4 is 0 Å². The molecule has 120 valence electrons. The van der Waals surface area contributed by atoms with Crippen molar-refractivity contribution in [2.45, 2.75) is 24.9 Å². The number of nitrogens with zero attached hydrogens (tertiary/aromatic N) is 1. The second-order valence-electron chi connectivity index (χ2n) is 5.68. The maximum absolute atomic E-state index is 13.7. The van der Waals surface area contributed by atoms with Gasteiger partial charge in [0.25, 0.3) is 0 Å². The number of hydrogen-bond acceptors (Lipinski definition) is 2. The van der Waals surface area contributed by atoms with Gasteiger partial charge in [-0.05, 0) is 19.9 Å². The van der Waals surface area contributed by atoms with Crippen LogP contribution in [0, 0.1) is 29.1 Å². The van der Waals surface area contributed by atoms with Crippen molar-refractivity contribution < 1.29 is 26.7 Å². The van der Waals surface area contributed by atoms with E-state index in [1.165, 1.54) is 0 Å². The maximum Gasteiger partial charge on any atom is 0.200 e. The quantitative estimate of drug-likeness (QED) is 0.360. The fourth-order valence-electron chi connectivity index (χ4n) is 3.01. The number of benzene rings is 1. The Labute approximate surface area is 124 Å². The molecule has 1 aromatic carbocycles. The van der Waals surface area contributed by atoms with Gasteiger partial charge < -0.3 is 4.74 Å². The topological polar surface area (TPSA) is 12.5 Å². The van der Waals surface area contributed by atoms with Crippen LogP contribution in [-0.2, 0) is 11.2 Å². The Morgan fingerprint density at radius 2 is 1.59 bits per heavy atom. The minimum Gasteiger partial charge on any atom is -0.378 e. The smallest absolute Gasteiger partial charge is 0.200 e. The number of ether oxygens (including phenoxy) is 1. The molecule has 7 heteroatoms. The standard InChI is InChI=1S/C15H14F5NO/c1-21-8-2-7(3-9(21)6-22-5-8)4-10-11(16)13(18)15(20)14(19)12(10)17/h2,8-9H,3-6H2,1H3. The van der Waals surface area contributed by atoms with Crippen molar-refractivity contribution in [2.75, 3.05) is 20.3 Å². The zero-order chi connectivity index (χ0) is 16.0. The molecule has 2 unspecified atom stereocenters. The Bertz CT molecular complexity index is 616. The van der Waals surface area contributed by atoms with E-state index in [9.17, 15) is 22.0 Å². The van der Waals surface area contributed by atoms with E-state index in [2.05, 4.69) is 4.90 Å². The summed E-state index contributed by atoms with van der Waals surface area (Å²) < 4.78 is 72.4. The molecule has 2 aliphatic rings. The van der Waals surface area contributed by atoms with E-state index < -0.39 is 34.6 Å². The second kappa shape index (κ2) is 5.62. The van der Waals surface area contributed by atoms with Gasteiger partial charge in [0.15, 0.2) is 23.3 Å². The highest BCUT2D eigenvalue weighted by Gasteiger charge is 2.33. The molecule has 0 radical (unpaired) electrons.